The summed E-state index contributed by atoms with van der Waals surface area (Å²) in [4.78, 5) is 27.2. The first kappa shape index (κ1) is 18.8. The van der Waals surface area contributed by atoms with E-state index in [9.17, 15) is 18.4 Å². The first-order valence-corrected chi connectivity index (χ1v) is 9.43. The third kappa shape index (κ3) is 4.40. The molecule has 26 heavy (non-hydrogen) atoms. The number of carbonyl (C=O) groups excluding carboxylic acids is 2. The number of nitrogens with zero attached hydrogens (tertiary/aromatic N) is 1. The fourth-order valence-electron chi connectivity index (χ4n) is 3.70. The number of likely N-dealkylation sites (tertiary alicyclic amines) is 1. The van der Waals surface area contributed by atoms with Gasteiger partial charge >= 0.3 is 0 Å². The molecule has 3 rings (SSSR count). The van der Waals surface area contributed by atoms with E-state index >= 15 is 0 Å². The molecule has 0 radical (unpaired) electrons. The fourth-order valence-corrected chi connectivity index (χ4v) is 3.70. The molecule has 4 nitrogen and oxygen atoms in total. The highest BCUT2D eigenvalue weighted by molar-refractivity contribution is 6.04. The smallest absolute Gasteiger partial charge is 0.255 e. The molecule has 2 aliphatic rings. The van der Waals surface area contributed by atoms with Crippen LogP contribution in [0.25, 0.3) is 0 Å². The number of hydrogen-bond donors (Lipinski definition) is 1. The Labute approximate surface area is 152 Å². The predicted molar refractivity (Wildman–Crippen MR) is 96.3 cm³/mol. The van der Waals surface area contributed by atoms with Gasteiger partial charge in [0.25, 0.3) is 5.91 Å². The van der Waals surface area contributed by atoms with Gasteiger partial charge in [0.2, 0.25) is 11.8 Å². The van der Waals surface area contributed by atoms with E-state index in [0.29, 0.717) is 17.2 Å². The van der Waals surface area contributed by atoms with Gasteiger partial charge in [0.05, 0.1) is 11.3 Å². The molecule has 1 N–H and O–H groups in total. The average Bonchev–Trinajstić information content (AvgIpc) is 2.62. The van der Waals surface area contributed by atoms with E-state index in [4.69, 9.17) is 0 Å². The van der Waals surface area contributed by atoms with Gasteiger partial charge in [-0.05, 0) is 43.7 Å². The van der Waals surface area contributed by atoms with Crippen LogP contribution >= 0.6 is 0 Å². The number of carbonyl (C=O) groups is 2. The first-order valence-electron chi connectivity index (χ1n) is 9.43. The highest BCUT2D eigenvalue weighted by Crippen LogP contribution is 2.36. The van der Waals surface area contributed by atoms with Crippen molar-refractivity contribution in [3.63, 3.8) is 0 Å². The second-order valence-corrected chi connectivity index (χ2v) is 7.64. The van der Waals surface area contributed by atoms with Gasteiger partial charge in [0.1, 0.15) is 0 Å². The van der Waals surface area contributed by atoms with Crippen LogP contribution < -0.4 is 5.32 Å². The molecule has 0 spiro atoms. The molecular weight excluding hydrogens is 338 g/mol. The van der Waals surface area contributed by atoms with Gasteiger partial charge < -0.3 is 10.2 Å². The molecule has 1 saturated carbocycles. The Hall–Kier alpha value is -1.98. The number of piperidine rings is 1. The molecule has 1 aromatic carbocycles. The monoisotopic (exact) mass is 364 g/mol. The highest BCUT2D eigenvalue weighted by atomic mass is 19.3. The van der Waals surface area contributed by atoms with Crippen LogP contribution in [0.3, 0.4) is 0 Å². The summed E-state index contributed by atoms with van der Waals surface area (Å²) in [7, 11) is 0. The van der Waals surface area contributed by atoms with Crippen LogP contribution in [0.4, 0.5) is 14.5 Å². The Balaban J connectivity index is 1.67. The van der Waals surface area contributed by atoms with Gasteiger partial charge in [0, 0.05) is 31.8 Å². The second kappa shape index (κ2) is 7.72. The SMILES string of the molecule is CC1CCN(C(=O)c2ccccc2NC(=O)C2CCC(F)(F)CC2)CC1. The third-order valence-electron chi connectivity index (χ3n) is 5.57. The Morgan fingerprint density at radius 3 is 2.35 bits per heavy atom. The molecule has 0 bridgehead atoms. The van der Waals surface area contributed by atoms with Crippen molar-refractivity contribution in [1.29, 1.82) is 0 Å². The average molecular weight is 364 g/mol. The minimum absolute atomic E-state index is 0.0806. The predicted octanol–water partition coefficient (Wildman–Crippen LogP) is 4.32. The Bertz CT molecular complexity index is 660. The van der Waals surface area contributed by atoms with Crippen LogP contribution in [0.5, 0.6) is 0 Å². The zero-order chi connectivity index (χ0) is 18.7. The van der Waals surface area contributed by atoms with E-state index in [1.165, 1.54) is 0 Å². The zero-order valence-corrected chi connectivity index (χ0v) is 15.1. The van der Waals surface area contributed by atoms with Crippen LogP contribution in [0.15, 0.2) is 24.3 Å². The molecule has 1 aliphatic carbocycles. The molecule has 2 amide bonds. The number of benzene rings is 1. The van der Waals surface area contributed by atoms with Crippen molar-refractivity contribution in [3.05, 3.63) is 29.8 Å². The van der Waals surface area contributed by atoms with Gasteiger partial charge in [-0.1, -0.05) is 19.1 Å². The van der Waals surface area contributed by atoms with E-state index < -0.39 is 11.8 Å². The largest absolute Gasteiger partial charge is 0.339 e. The standard InChI is InChI=1S/C20H26F2N2O2/c1-14-8-12-24(13-9-14)19(26)16-4-2-3-5-17(16)23-18(25)15-6-10-20(21,22)11-7-15/h2-5,14-15H,6-13H2,1H3,(H,23,25). The number of para-hydroxylation sites is 1. The van der Waals surface area contributed by atoms with Gasteiger partial charge in [-0.2, -0.15) is 0 Å². The van der Waals surface area contributed by atoms with Gasteiger partial charge in [-0.3, -0.25) is 9.59 Å². The maximum absolute atomic E-state index is 13.3. The first-order chi connectivity index (χ1) is 12.4. The summed E-state index contributed by atoms with van der Waals surface area (Å²) in [5.41, 5.74) is 0.940. The van der Waals surface area contributed by atoms with Crippen molar-refractivity contribution < 1.29 is 18.4 Å². The van der Waals surface area contributed by atoms with Crippen molar-refractivity contribution in [2.24, 2.45) is 11.8 Å². The van der Waals surface area contributed by atoms with Crippen LogP contribution in [-0.4, -0.2) is 35.7 Å². The lowest BCUT2D eigenvalue weighted by molar-refractivity contribution is -0.124. The molecule has 1 aliphatic heterocycles. The number of amides is 2. The summed E-state index contributed by atoms with van der Waals surface area (Å²) in [6.07, 6.45) is 1.82. The Kier molecular flexibility index (Phi) is 5.58. The number of anilines is 1. The summed E-state index contributed by atoms with van der Waals surface area (Å²) in [5.74, 6) is -2.81. The van der Waals surface area contributed by atoms with Crippen LogP contribution in [-0.2, 0) is 4.79 Å². The highest BCUT2D eigenvalue weighted by Gasteiger charge is 2.37. The molecule has 0 aromatic heterocycles. The molecule has 1 saturated heterocycles. The Morgan fingerprint density at radius 1 is 1.08 bits per heavy atom. The number of hydrogen-bond acceptors (Lipinski definition) is 2. The molecular formula is C20H26F2N2O2. The Morgan fingerprint density at radius 2 is 1.69 bits per heavy atom. The van der Waals surface area contributed by atoms with Crippen molar-refractivity contribution in [2.45, 2.75) is 51.4 Å². The van der Waals surface area contributed by atoms with Gasteiger partial charge in [-0.25, -0.2) is 8.78 Å². The molecule has 6 heteroatoms. The van der Waals surface area contributed by atoms with Crippen molar-refractivity contribution in [3.8, 4) is 0 Å². The molecule has 1 heterocycles. The number of nitrogens with one attached hydrogen (secondary N) is 1. The topological polar surface area (TPSA) is 49.4 Å². The van der Waals surface area contributed by atoms with E-state index in [1.807, 2.05) is 4.90 Å². The lowest BCUT2D eigenvalue weighted by atomic mass is 9.86. The molecule has 1 aromatic rings. The van der Waals surface area contributed by atoms with Crippen LogP contribution in [0, 0.1) is 11.8 Å². The van der Waals surface area contributed by atoms with Crippen LogP contribution in [0.1, 0.15) is 55.8 Å². The summed E-state index contributed by atoms with van der Waals surface area (Å²) in [6.45, 7) is 3.63. The molecule has 142 valence electrons. The van der Waals surface area contributed by atoms with E-state index in [-0.39, 0.29) is 37.5 Å². The van der Waals surface area contributed by atoms with E-state index in [0.717, 1.165) is 25.9 Å². The van der Waals surface area contributed by atoms with Gasteiger partial charge in [0.15, 0.2) is 0 Å². The molecule has 2 fully saturated rings. The number of alkyl halides is 2. The number of halogens is 2. The maximum atomic E-state index is 13.3. The molecule has 0 atom stereocenters. The van der Waals surface area contributed by atoms with Crippen molar-refractivity contribution in [2.75, 3.05) is 18.4 Å². The van der Waals surface area contributed by atoms with Crippen molar-refractivity contribution >= 4 is 17.5 Å². The fraction of sp³-hybridized carbons (Fsp3) is 0.600. The lowest BCUT2D eigenvalue weighted by Gasteiger charge is -2.31. The minimum atomic E-state index is -2.66. The quantitative estimate of drug-likeness (QED) is 0.868. The summed E-state index contributed by atoms with van der Waals surface area (Å²) >= 11 is 0. The zero-order valence-electron chi connectivity index (χ0n) is 15.1. The summed E-state index contributed by atoms with van der Waals surface area (Å²) in [6, 6.07) is 6.95. The van der Waals surface area contributed by atoms with Crippen molar-refractivity contribution in [1.82, 2.24) is 4.90 Å². The van der Waals surface area contributed by atoms with E-state index in [2.05, 4.69) is 12.2 Å². The second-order valence-electron chi connectivity index (χ2n) is 7.64. The lowest BCUT2D eigenvalue weighted by Crippen LogP contribution is -2.38. The van der Waals surface area contributed by atoms with Gasteiger partial charge in [-0.15, -0.1) is 0 Å². The summed E-state index contributed by atoms with van der Waals surface area (Å²) < 4.78 is 26.6. The number of rotatable bonds is 3. The molecule has 0 unspecified atom stereocenters. The van der Waals surface area contributed by atoms with E-state index in [1.54, 1.807) is 24.3 Å². The maximum Gasteiger partial charge on any atom is 0.255 e. The minimum Gasteiger partial charge on any atom is -0.339 e. The third-order valence-corrected chi connectivity index (χ3v) is 5.57. The normalized spacial score (nSPS) is 21.4. The summed E-state index contributed by atoms with van der Waals surface area (Å²) in [5, 5.41) is 2.81. The van der Waals surface area contributed by atoms with Crippen LogP contribution in [0.2, 0.25) is 0 Å².